The summed E-state index contributed by atoms with van der Waals surface area (Å²) >= 11 is 5.80. The first-order chi connectivity index (χ1) is 8.67. The van der Waals surface area contributed by atoms with Crippen LogP contribution in [0.3, 0.4) is 0 Å². The summed E-state index contributed by atoms with van der Waals surface area (Å²) in [6, 6.07) is 4.77. The molecule has 1 amide bonds. The van der Waals surface area contributed by atoms with Gasteiger partial charge in [-0.25, -0.2) is 4.98 Å². The number of carbonyl (C=O) groups is 1. The second kappa shape index (κ2) is 7.51. The summed E-state index contributed by atoms with van der Waals surface area (Å²) in [7, 11) is 0. The fourth-order valence-corrected chi connectivity index (χ4v) is 1.42. The van der Waals surface area contributed by atoms with Crippen molar-refractivity contribution < 1.29 is 9.53 Å². The zero-order chi connectivity index (χ0) is 13.4. The first-order valence-corrected chi connectivity index (χ1v) is 6.00. The molecule has 0 atom stereocenters. The molecule has 0 aliphatic heterocycles. The minimum atomic E-state index is -0.374. The third kappa shape index (κ3) is 4.60. The van der Waals surface area contributed by atoms with Crippen LogP contribution in [0.4, 0.5) is 0 Å². The number of nitrogens with zero attached hydrogens (tertiary/aromatic N) is 2. The molecule has 6 heteroatoms. The number of unbranched alkanes of at least 4 members (excludes halogenated alkanes) is 1. The molecule has 0 fully saturated rings. The van der Waals surface area contributed by atoms with Crippen molar-refractivity contribution in [1.29, 1.82) is 5.26 Å². The minimum absolute atomic E-state index is 0.0508. The highest BCUT2D eigenvalue weighted by atomic mass is 35.5. The van der Waals surface area contributed by atoms with E-state index >= 15 is 0 Å². The zero-order valence-corrected chi connectivity index (χ0v) is 10.8. The lowest BCUT2D eigenvalue weighted by atomic mass is 10.2. The molecule has 18 heavy (non-hydrogen) atoms. The van der Waals surface area contributed by atoms with Crippen molar-refractivity contribution in [3.05, 3.63) is 22.8 Å². The Labute approximate surface area is 111 Å². The molecule has 96 valence electrons. The summed E-state index contributed by atoms with van der Waals surface area (Å²) in [6.45, 7) is 2.53. The van der Waals surface area contributed by atoms with Crippen molar-refractivity contribution in [3.8, 4) is 11.9 Å². The number of rotatable bonds is 6. The van der Waals surface area contributed by atoms with Gasteiger partial charge in [0, 0.05) is 11.6 Å². The number of ether oxygens (including phenoxy) is 1. The van der Waals surface area contributed by atoms with E-state index in [1.165, 1.54) is 12.1 Å². The van der Waals surface area contributed by atoms with Crippen molar-refractivity contribution in [1.82, 2.24) is 10.3 Å². The third-order valence-corrected chi connectivity index (χ3v) is 2.30. The number of aromatic nitrogens is 1. The van der Waals surface area contributed by atoms with E-state index in [1.54, 1.807) is 0 Å². The maximum Gasteiger partial charge on any atom is 0.252 e. The van der Waals surface area contributed by atoms with Crippen molar-refractivity contribution in [2.75, 3.05) is 13.2 Å². The molecule has 1 rings (SSSR count). The molecule has 1 heterocycles. The molecule has 0 saturated heterocycles. The quantitative estimate of drug-likeness (QED) is 0.487. The Bertz CT molecular complexity index is 457. The zero-order valence-electron chi connectivity index (χ0n) is 10.1. The van der Waals surface area contributed by atoms with Crippen LogP contribution in [0.2, 0.25) is 5.15 Å². The van der Waals surface area contributed by atoms with Crippen LogP contribution in [0.1, 0.15) is 30.1 Å². The molecule has 1 N–H and O–H groups in total. The third-order valence-electron chi connectivity index (χ3n) is 2.11. The van der Waals surface area contributed by atoms with Gasteiger partial charge in [0.1, 0.15) is 11.7 Å². The summed E-state index contributed by atoms with van der Waals surface area (Å²) in [5, 5.41) is 11.0. The van der Waals surface area contributed by atoms with Gasteiger partial charge in [-0.1, -0.05) is 24.9 Å². The number of hydrogen-bond acceptors (Lipinski definition) is 4. The van der Waals surface area contributed by atoms with Gasteiger partial charge in [0.05, 0.1) is 12.7 Å². The fraction of sp³-hybridized carbons (Fsp3) is 0.417. The van der Waals surface area contributed by atoms with E-state index in [1.807, 2.05) is 6.07 Å². The molecule has 0 aromatic carbocycles. The minimum Gasteiger partial charge on any atom is -0.478 e. The second-order valence-corrected chi connectivity index (χ2v) is 3.95. The second-order valence-electron chi connectivity index (χ2n) is 3.56. The largest absolute Gasteiger partial charge is 0.478 e. The molecule has 5 nitrogen and oxygen atoms in total. The molecule has 1 aromatic heterocycles. The highest BCUT2D eigenvalue weighted by molar-refractivity contribution is 6.29. The van der Waals surface area contributed by atoms with E-state index in [0.29, 0.717) is 18.1 Å². The van der Waals surface area contributed by atoms with Gasteiger partial charge < -0.3 is 10.1 Å². The predicted octanol–water partition coefficient (Wildman–Crippen LogP) is 2.17. The molecule has 0 saturated carbocycles. The van der Waals surface area contributed by atoms with E-state index in [4.69, 9.17) is 21.6 Å². The van der Waals surface area contributed by atoms with Crippen LogP contribution in [0.5, 0.6) is 5.88 Å². The average Bonchev–Trinajstić information content (AvgIpc) is 2.35. The SMILES string of the molecule is CCCCOc1cc(C(=O)NCC#N)cc(Cl)n1. The molecular weight excluding hydrogens is 254 g/mol. The van der Waals surface area contributed by atoms with Crippen molar-refractivity contribution in [3.63, 3.8) is 0 Å². The molecule has 0 spiro atoms. The van der Waals surface area contributed by atoms with E-state index in [-0.39, 0.29) is 17.6 Å². The highest BCUT2D eigenvalue weighted by Gasteiger charge is 2.09. The van der Waals surface area contributed by atoms with Crippen LogP contribution < -0.4 is 10.1 Å². The van der Waals surface area contributed by atoms with Crippen molar-refractivity contribution in [2.24, 2.45) is 0 Å². The number of nitriles is 1. The summed E-state index contributed by atoms with van der Waals surface area (Å²) < 4.78 is 5.38. The first-order valence-electron chi connectivity index (χ1n) is 5.63. The average molecular weight is 268 g/mol. The van der Waals surface area contributed by atoms with Gasteiger partial charge in [-0.2, -0.15) is 5.26 Å². The molecule has 0 bridgehead atoms. The van der Waals surface area contributed by atoms with Crippen LogP contribution in [0.15, 0.2) is 12.1 Å². The predicted molar refractivity (Wildman–Crippen MR) is 67.6 cm³/mol. The standard InChI is InChI=1S/C12H14ClN3O2/c1-2-3-6-18-11-8-9(7-10(13)16-11)12(17)15-5-4-14/h7-8H,2-3,5-6H2,1H3,(H,15,17). The van der Waals surface area contributed by atoms with E-state index in [9.17, 15) is 4.79 Å². The Morgan fingerprint density at radius 1 is 1.61 bits per heavy atom. The van der Waals surface area contributed by atoms with Gasteiger partial charge in [0.15, 0.2) is 0 Å². The number of carbonyl (C=O) groups excluding carboxylic acids is 1. The smallest absolute Gasteiger partial charge is 0.252 e. The monoisotopic (exact) mass is 267 g/mol. The Morgan fingerprint density at radius 2 is 2.39 bits per heavy atom. The van der Waals surface area contributed by atoms with Crippen molar-refractivity contribution >= 4 is 17.5 Å². The van der Waals surface area contributed by atoms with Crippen LogP contribution in [0, 0.1) is 11.3 Å². The van der Waals surface area contributed by atoms with Gasteiger partial charge in [-0.15, -0.1) is 0 Å². The van der Waals surface area contributed by atoms with Crippen LogP contribution in [0.25, 0.3) is 0 Å². The van der Waals surface area contributed by atoms with Gasteiger partial charge in [-0.3, -0.25) is 4.79 Å². The number of pyridine rings is 1. The Morgan fingerprint density at radius 3 is 3.06 bits per heavy atom. The maximum absolute atomic E-state index is 11.6. The number of nitrogens with one attached hydrogen (secondary N) is 1. The molecule has 0 radical (unpaired) electrons. The van der Waals surface area contributed by atoms with Crippen LogP contribution in [-0.2, 0) is 0 Å². The summed E-state index contributed by atoms with van der Waals surface area (Å²) in [5.41, 5.74) is 0.330. The number of hydrogen-bond donors (Lipinski definition) is 1. The number of halogens is 1. The van der Waals surface area contributed by atoms with E-state index in [0.717, 1.165) is 12.8 Å². The Kier molecular flexibility index (Phi) is 5.95. The lowest BCUT2D eigenvalue weighted by Gasteiger charge is -2.07. The van der Waals surface area contributed by atoms with Gasteiger partial charge >= 0.3 is 0 Å². The van der Waals surface area contributed by atoms with Crippen LogP contribution in [-0.4, -0.2) is 24.0 Å². The van der Waals surface area contributed by atoms with Gasteiger partial charge in [-0.05, 0) is 12.5 Å². The molecule has 0 aliphatic carbocycles. The number of amides is 1. The lowest BCUT2D eigenvalue weighted by molar-refractivity contribution is 0.0958. The van der Waals surface area contributed by atoms with E-state index in [2.05, 4.69) is 17.2 Å². The fourth-order valence-electron chi connectivity index (χ4n) is 1.22. The lowest BCUT2D eigenvalue weighted by Crippen LogP contribution is -2.23. The summed E-state index contributed by atoms with van der Waals surface area (Å²) in [6.07, 6.45) is 1.92. The maximum atomic E-state index is 11.6. The van der Waals surface area contributed by atoms with E-state index < -0.39 is 0 Å². The Hall–Kier alpha value is -1.80. The van der Waals surface area contributed by atoms with Gasteiger partial charge in [0.25, 0.3) is 5.91 Å². The highest BCUT2D eigenvalue weighted by Crippen LogP contribution is 2.16. The Balaban J connectivity index is 2.74. The molecular formula is C12H14ClN3O2. The summed E-state index contributed by atoms with van der Waals surface area (Å²) in [5.74, 6) is -0.0563. The normalized spacial score (nSPS) is 9.61. The van der Waals surface area contributed by atoms with Gasteiger partial charge in [0.2, 0.25) is 5.88 Å². The molecule has 0 unspecified atom stereocenters. The summed E-state index contributed by atoms with van der Waals surface area (Å²) in [4.78, 5) is 15.6. The van der Waals surface area contributed by atoms with Crippen LogP contribution >= 0.6 is 11.6 Å². The molecule has 0 aliphatic rings. The first kappa shape index (κ1) is 14.3. The topological polar surface area (TPSA) is 75.0 Å². The van der Waals surface area contributed by atoms with Crippen molar-refractivity contribution in [2.45, 2.75) is 19.8 Å². The molecule has 1 aromatic rings.